The van der Waals surface area contributed by atoms with E-state index in [1.807, 2.05) is 24.3 Å². The molecule has 0 radical (unpaired) electrons. The predicted molar refractivity (Wildman–Crippen MR) is 95.4 cm³/mol. The number of hydrogen-bond acceptors (Lipinski definition) is 5. The number of H-pyrrole nitrogens is 2. The van der Waals surface area contributed by atoms with Crippen LogP contribution < -0.4 is 11.0 Å². The first-order valence-corrected chi connectivity index (χ1v) is 7.74. The molecule has 2 aromatic heterocycles. The lowest BCUT2D eigenvalue weighted by atomic mass is 10.1. The fraction of sp³-hybridized carbons (Fsp3) is 0.0556. The Morgan fingerprint density at radius 1 is 0.960 bits per heavy atom. The van der Waals surface area contributed by atoms with E-state index in [4.69, 9.17) is 0 Å². The van der Waals surface area contributed by atoms with Gasteiger partial charge in [0.05, 0.1) is 11.0 Å². The van der Waals surface area contributed by atoms with Crippen molar-refractivity contribution in [2.75, 3.05) is 5.32 Å². The maximum absolute atomic E-state index is 11.3. The topological polar surface area (TPSA) is 107 Å². The molecular formula is C18H15N5O2. The summed E-state index contributed by atoms with van der Waals surface area (Å²) in [6, 6.07) is 12.6. The van der Waals surface area contributed by atoms with E-state index >= 15 is 0 Å². The van der Waals surface area contributed by atoms with Crippen LogP contribution in [0.2, 0.25) is 0 Å². The Morgan fingerprint density at radius 3 is 2.56 bits per heavy atom. The highest BCUT2D eigenvalue weighted by Gasteiger charge is 2.04. The number of aromatic nitrogens is 4. The van der Waals surface area contributed by atoms with Crippen LogP contribution in [0.5, 0.6) is 5.75 Å². The number of benzene rings is 2. The molecule has 0 saturated carbocycles. The van der Waals surface area contributed by atoms with E-state index < -0.39 is 0 Å². The summed E-state index contributed by atoms with van der Waals surface area (Å²) in [5.74, 6) is 0.733. The van der Waals surface area contributed by atoms with Crippen LogP contribution in [0, 0.1) is 0 Å². The normalized spacial score (nSPS) is 10.9. The fourth-order valence-corrected chi connectivity index (χ4v) is 2.63. The van der Waals surface area contributed by atoms with Crippen molar-refractivity contribution in [1.82, 2.24) is 19.9 Å². The number of nitrogens with one attached hydrogen (secondary N) is 3. The molecule has 0 atom stereocenters. The van der Waals surface area contributed by atoms with E-state index in [1.165, 1.54) is 0 Å². The number of anilines is 1. The molecule has 4 N–H and O–H groups in total. The molecule has 4 aromatic rings. The van der Waals surface area contributed by atoms with Crippen molar-refractivity contribution in [3.63, 3.8) is 0 Å². The van der Waals surface area contributed by atoms with Crippen LogP contribution in [-0.2, 0) is 6.54 Å². The lowest BCUT2D eigenvalue weighted by Gasteiger charge is -2.06. The predicted octanol–water partition coefficient (Wildman–Crippen LogP) is 2.63. The SMILES string of the molecule is O=c1[nH]c2ccc(-c3cnc(NCc4cccc(O)c4)nc3)cc2[nH]1. The number of fused-ring (bicyclic) bond motifs is 1. The van der Waals surface area contributed by atoms with Crippen LogP contribution in [0.15, 0.2) is 59.7 Å². The minimum absolute atomic E-state index is 0.227. The van der Waals surface area contributed by atoms with Crippen LogP contribution >= 0.6 is 0 Å². The van der Waals surface area contributed by atoms with Gasteiger partial charge in [0, 0.05) is 24.5 Å². The van der Waals surface area contributed by atoms with Gasteiger partial charge in [-0.3, -0.25) is 0 Å². The van der Waals surface area contributed by atoms with Gasteiger partial charge in [-0.05, 0) is 35.4 Å². The van der Waals surface area contributed by atoms with Crippen molar-refractivity contribution >= 4 is 17.0 Å². The molecular weight excluding hydrogens is 318 g/mol. The van der Waals surface area contributed by atoms with Gasteiger partial charge in [0.15, 0.2) is 0 Å². The molecule has 0 aliphatic heterocycles. The lowest BCUT2D eigenvalue weighted by molar-refractivity contribution is 0.474. The molecule has 124 valence electrons. The minimum Gasteiger partial charge on any atom is -0.508 e. The summed E-state index contributed by atoms with van der Waals surface area (Å²) >= 11 is 0. The molecule has 7 nitrogen and oxygen atoms in total. The zero-order valence-corrected chi connectivity index (χ0v) is 13.2. The van der Waals surface area contributed by atoms with E-state index in [2.05, 4.69) is 25.3 Å². The standard InChI is InChI=1S/C18H15N5O2/c24-14-3-1-2-11(6-14)8-19-17-20-9-13(10-21-17)12-4-5-15-16(7-12)23-18(25)22-15/h1-7,9-10,24H,8H2,(H,19,20,21)(H2,22,23,25). The van der Waals surface area contributed by atoms with Crippen LogP contribution in [0.4, 0.5) is 5.95 Å². The van der Waals surface area contributed by atoms with Gasteiger partial charge in [-0.2, -0.15) is 0 Å². The van der Waals surface area contributed by atoms with Crippen molar-refractivity contribution in [2.24, 2.45) is 0 Å². The van der Waals surface area contributed by atoms with Crippen LogP contribution in [0.3, 0.4) is 0 Å². The average Bonchev–Trinajstić information content (AvgIpc) is 2.99. The molecule has 0 aliphatic carbocycles. The maximum atomic E-state index is 11.3. The number of rotatable bonds is 4. The third-order valence-electron chi connectivity index (χ3n) is 3.86. The van der Waals surface area contributed by atoms with Gasteiger partial charge in [0.1, 0.15) is 5.75 Å². The third kappa shape index (κ3) is 3.20. The Hall–Kier alpha value is -3.61. The molecule has 0 bridgehead atoms. The summed E-state index contributed by atoms with van der Waals surface area (Å²) in [6.07, 6.45) is 3.45. The van der Waals surface area contributed by atoms with Gasteiger partial charge < -0.3 is 20.4 Å². The lowest BCUT2D eigenvalue weighted by Crippen LogP contribution is -2.03. The summed E-state index contributed by atoms with van der Waals surface area (Å²) in [7, 11) is 0. The van der Waals surface area contributed by atoms with E-state index in [-0.39, 0.29) is 11.4 Å². The molecule has 0 fully saturated rings. The zero-order valence-electron chi connectivity index (χ0n) is 13.2. The second-order valence-corrected chi connectivity index (χ2v) is 5.66. The highest BCUT2D eigenvalue weighted by Crippen LogP contribution is 2.21. The van der Waals surface area contributed by atoms with Gasteiger partial charge in [-0.15, -0.1) is 0 Å². The first kappa shape index (κ1) is 14.9. The molecule has 0 saturated heterocycles. The number of hydrogen-bond donors (Lipinski definition) is 4. The Morgan fingerprint density at radius 2 is 1.76 bits per heavy atom. The molecule has 0 amide bonds. The molecule has 25 heavy (non-hydrogen) atoms. The van der Waals surface area contributed by atoms with Crippen LogP contribution in [-0.4, -0.2) is 25.0 Å². The monoisotopic (exact) mass is 333 g/mol. The molecule has 2 aromatic carbocycles. The van der Waals surface area contributed by atoms with Crippen molar-refractivity contribution in [2.45, 2.75) is 6.54 Å². The zero-order chi connectivity index (χ0) is 17.2. The number of imidazole rings is 1. The van der Waals surface area contributed by atoms with Crippen molar-refractivity contribution in [1.29, 1.82) is 0 Å². The first-order chi connectivity index (χ1) is 12.2. The number of aromatic hydroxyl groups is 1. The number of nitrogens with zero attached hydrogens (tertiary/aromatic N) is 2. The van der Waals surface area contributed by atoms with E-state index in [9.17, 15) is 9.90 Å². The second-order valence-electron chi connectivity index (χ2n) is 5.66. The minimum atomic E-state index is -0.227. The van der Waals surface area contributed by atoms with E-state index in [1.54, 1.807) is 30.6 Å². The Kier molecular flexibility index (Phi) is 3.66. The highest BCUT2D eigenvalue weighted by molar-refractivity contribution is 5.81. The summed E-state index contributed by atoms with van der Waals surface area (Å²) in [5.41, 5.74) is 3.99. The molecule has 0 aliphatic rings. The summed E-state index contributed by atoms with van der Waals surface area (Å²) in [5, 5.41) is 12.6. The summed E-state index contributed by atoms with van der Waals surface area (Å²) in [4.78, 5) is 25.4. The van der Waals surface area contributed by atoms with Gasteiger partial charge in [0.2, 0.25) is 5.95 Å². The Labute approximate surface area is 142 Å². The summed E-state index contributed by atoms with van der Waals surface area (Å²) in [6.45, 7) is 0.518. The van der Waals surface area contributed by atoms with E-state index in [0.717, 1.165) is 27.7 Å². The van der Waals surface area contributed by atoms with Crippen molar-refractivity contribution < 1.29 is 5.11 Å². The molecule has 7 heteroatoms. The third-order valence-corrected chi connectivity index (χ3v) is 3.86. The Bertz CT molecular complexity index is 1080. The number of phenols is 1. The Balaban J connectivity index is 1.51. The number of phenolic OH excluding ortho intramolecular Hbond substituents is 1. The van der Waals surface area contributed by atoms with Crippen LogP contribution in [0.25, 0.3) is 22.2 Å². The first-order valence-electron chi connectivity index (χ1n) is 7.74. The number of aromatic amines is 2. The molecule has 2 heterocycles. The van der Waals surface area contributed by atoms with Gasteiger partial charge in [-0.25, -0.2) is 14.8 Å². The van der Waals surface area contributed by atoms with Crippen molar-refractivity contribution in [3.8, 4) is 16.9 Å². The van der Waals surface area contributed by atoms with Gasteiger partial charge in [0.25, 0.3) is 0 Å². The van der Waals surface area contributed by atoms with Crippen LogP contribution in [0.1, 0.15) is 5.56 Å². The second kappa shape index (κ2) is 6.12. The van der Waals surface area contributed by atoms with Gasteiger partial charge in [-0.1, -0.05) is 18.2 Å². The largest absolute Gasteiger partial charge is 0.508 e. The van der Waals surface area contributed by atoms with Crippen molar-refractivity contribution in [3.05, 3.63) is 70.9 Å². The van der Waals surface area contributed by atoms with E-state index in [0.29, 0.717) is 12.5 Å². The smallest absolute Gasteiger partial charge is 0.323 e. The maximum Gasteiger partial charge on any atom is 0.323 e. The quantitative estimate of drug-likeness (QED) is 0.459. The fourth-order valence-electron chi connectivity index (χ4n) is 2.63. The molecule has 0 unspecified atom stereocenters. The molecule has 0 spiro atoms. The van der Waals surface area contributed by atoms with Gasteiger partial charge >= 0.3 is 5.69 Å². The average molecular weight is 333 g/mol. The highest BCUT2D eigenvalue weighted by atomic mass is 16.3. The summed E-state index contributed by atoms with van der Waals surface area (Å²) < 4.78 is 0. The molecule has 4 rings (SSSR count).